The molecule has 0 saturated carbocycles. The van der Waals surface area contributed by atoms with E-state index in [1.165, 1.54) is 13.2 Å². The molecule has 0 bridgehead atoms. The maximum absolute atomic E-state index is 11.2. The number of hydrogen-bond acceptors (Lipinski definition) is 5. The van der Waals surface area contributed by atoms with Crippen molar-refractivity contribution >= 4 is 11.7 Å². The van der Waals surface area contributed by atoms with Crippen LogP contribution in [-0.4, -0.2) is 19.2 Å². The Labute approximate surface area is 99.7 Å². The summed E-state index contributed by atoms with van der Waals surface area (Å²) in [4.78, 5) is 11.2. The molecule has 0 aliphatic carbocycles. The van der Waals surface area contributed by atoms with E-state index in [0.29, 0.717) is 17.0 Å². The summed E-state index contributed by atoms with van der Waals surface area (Å²) in [5.74, 6) is 0.00623. The van der Waals surface area contributed by atoms with E-state index >= 15 is 0 Å². The number of ether oxygens (including phenoxy) is 2. The number of anilines is 1. The van der Waals surface area contributed by atoms with Crippen molar-refractivity contribution in [3.05, 3.63) is 23.3 Å². The largest absolute Gasteiger partial charge is 0.479 e. The standard InChI is InChI=1S/C12H14N2O3/c1-7-4-9(6-13)10(14)5-11(7)17-8(2)12(15)16-3/h4-5,8H,14H2,1-3H3. The molecule has 0 aliphatic rings. The van der Waals surface area contributed by atoms with Gasteiger partial charge in [0.25, 0.3) is 0 Å². The molecule has 1 aromatic carbocycles. The van der Waals surface area contributed by atoms with Crippen LogP contribution in [0.2, 0.25) is 0 Å². The van der Waals surface area contributed by atoms with Crippen LogP contribution in [-0.2, 0) is 9.53 Å². The van der Waals surface area contributed by atoms with Gasteiger partial charge in [0.2, 0.25) is 0 Å². The molecule has 0 spiro atoms. The van der Waals surface area contributed by atoms with Crippen LogP contribution >= 0.6 is 0 Å². The van der Waals surface area contributed by atoms with E-state index in [-0.39, 0.29) is 0 Å². The van der Waals surface area contributed by atoms with Crippen LogP contribution in [0, 0.1) is 18.3 Å². The lowest BCUT2D eigenvalue weighted by atomic mass is 10.1. The van der Waals surface area contributed by atoms with Gasteiger partial charge >= 0.3 is 5.97 Å². The van der Waals surface area contributed by atoms with Gasteiger partial charge in [-0.05, 0) is 25.5 Å². The number of esters is 1. The quantitative estimate of drug-likeness (QED) is 0.631. The number of benzene rings is 1. The van der Waals surface area contributed by atoms with Crippen LogP contribution < -0.4 is 10.5 Å². The van der Waals surface area contributed by atoms with Gasteiger partial charge in [-0.25, -0.2) is 4.79 Å². The molecule has 1 rings (SSSR count). The minimum atomic E-state index is -0.717. The summed E-state index contributed by atoms with van der Waals surface area (Å²) < 4.78 is 9.97. The molecule has 90 valence electrons. The summed E-state index contributed by atoms with van der Waals surface area (Å²) in [6, 6.07) is 5.13. The van der Waals surface area contributed by atoms with Gasteiger partial charge in [0.05, 0.1) is 18.4 Å². The number of carbonyl (C=O) groups is 1. The highest BCUT2D eigenvalue weighted by Crippen LogP contribution is 2.25. The molecule has 2 N–H and O–H groups in total. The first-order valence-corrected chi connectivity index (χ1v) is 5.04. The Bertz CT molecular complexity index is 477. The first kappa shape index (κ1) is 12.8. The molecule has 5 heteroatoms. The maximum atomic E-state index is 11.2. The van der Waals surface area contributed by atoms with Crippen molar-refractivity contribution in [2.45, 2.75) is 20.0 Å². The number of aryl methyl sites for hydroxylation is 1. The zero-order valence-electron chi connectivity index (χ0n) is 9.98. The van der Waals surface area contributed by atoms with Crippen molar-refractivity contribution in [2.75, 3.05) is 12.8 Å². The summed E-state index contributed by atoms with van der Waals surface area (Å²) >= 11 is 0. The van der Waals surface area contributed by atoms with E-state index in [0.717, 1.165) is 5.56 Å². The van der Waals surface area contributed by atoms with Crippen molar-refractivity contribution in [1.29, 1.82) is 5.26 Å². The first-order chi connectivity index (χ1) is 7.99. The Kier molecular flexibility index (Phi) is 3.94. The zero-order chi connectivity index (χ0) is 13.0. The highest BCUT2D eigenvalue weighted by Gasteiger charge is 2.16. The predicted octanol–water partition coefficient (Wildman–Crippen LogP) is 1.39. The fourth-order valence-electron chi connectivity index (χ4n) is 1.33. The third kappa shape index (κ3) is 2.88. The van der Waals surface area contributed by atoms with Crippen LogP contribution in [0.1, 0.15) is 18.1 Å². The molecule has 1 unspecified atom stereocenters. The van der Waals surface area contributed by atoms with Crippen LogP contribution in [0.3, 0.4) is 0 Å². The summed E-state index contributed by atoms with van der Waals surface area (Å²) in [5.41, 5.74) is 7.12. The van der Waals surface area contributed by atoms with Crippen molar-refractivity contribution in [2.24, 2.45) is 0 Å². The summed E-state index contributed by atoms with van der Waals surface area (Å²) in [7, 11) is 1.29. The van der Waals surface area contributed by atoms with E-state index in [2.05, 4.69) is 4.74 Å². The summed E-state index contributed by atoms with van der Waals surface area (Å²) in [6.07, 6.45) is -0.717. The lowest BCUT2D eigenvalue weighted by molar-refractivity contribution is -0.147. The van der Waals surface area contributed by atoms with Gasteiger partial charge in [-0.3, -0.25) is 0 Å². The fraction of sp³-hybridized carbons (Fsp3) is 0.333. The van der Waals surface area contributed by atoms with Gasteiger partial charge in [0.15, 0.2) is 6.10 Å². The van der Waals surface area contributed by atoms with Gasteiger partial charge < -0.3 is 15.2 Å². The molecule has 0 amide bonds. The van der Waals surface area contributed by atoms with Crippen LogP contribution in [0.15, 0.2) is 12.1 Å². The van der Waals surface area contributed by atoms with Crippen molar-refractivity contribution in [3.63, 3.8) is 0 Å². The summed E-state index contributed by atoms with van der Waals surface area (Å²) in [5, 5.41) is 8.80. The minimum Gasteiger partial charge on any atom is -0.479 e. The van der Waals surface area contributed by atoms with Gasteiger partial charge in [-0.15, -0.1) is 0 Å². The Morgan fingerprint density at radius 2 is 2.18 bits per heavy atom. The van der Waals surface area contributed by atoms with Crippen molar-refractivity contribution < 1.29 is 14.3 Å². The third-order valence-electron chi connectivity index (χ3n) is 2.30. The van der Waals surface area contributed by atoms with Gasteiger partial charge in [-0.2, -0.15) is 5.26 Å². The Balaban J connectivity index is 2.97. The molecule has 0 aliphatic heterocycles. The number of nitrogen functional groups attached to an aromatic ring is 1. The van der Waals surface area contributed by atoms with E-state index in [9.17, 15) is 4.79 Å². The average Bonchev–Trinajstić information content (AvgIpc) is 2.32. The Morgan fingerprint density at radius 1 is 1.53 bits per heavy atom. The van der Waals surface area contributed by atoms with Crippen LogP contribution in [0.25, 0.3) is 0 Å². The normalized spacial score (nSPS) is 11.4. The number of nitrogens with two attached hydrogens (primary N) is 1. The maximum Gasteiger partial charge on any atom is 0.346 e. The molecule has 1 atom stereocenters. The van der Waals surface area contributed by atoms with Crippen LogP contribution in [0.5, 0.6) is 5.75 Å². The van der Waals surface area contributed by atoms with E-state index in [4.69, 9.17) is 15.7 Å². The number of nitrogens with zero attached hydrogens (tertiary/aromatic N) is 1. The second-order valence-corrected chi connectivity index (χ2v) is 3.60. The molecule has 0 fully saturated rings. The number of carbonyl (C=O) groups excluding carboxylic acids is 1. The van der Waals surface area contributed by atoms with E-state index in [1.807, 2.05) is 6.07 Å². The second-order valence-electron chi connectivity index (χ2n) is 3.60. The number of nitriles is 1. The fourth-order valence-corrected chi connectivity index (χ4v) is 1.33. The molecule has 1 aromatic rings. The van der Waals surface area contributed by atoms with E-state index in [1.54, 1.807) is 19.9 Å². The predicted molar refractivity (Wildman–Crippen MR) is 62.4 cm³/mol. The molecule has 0 heterocycles. The Hall–Kier alpha value is -2.22. The lowest BCUT2D eigenvalue weighted by Gasteiger charge is -2.15. The molecule has 0 radical (unpaired) electrons. The van der Waals surface area contributed by atoms with Gasteiger partial charge in [0, 0.05) is 6.07 Å². The summed E-state index contributed by atoms with van der Waals surface area (Å²) in [6.45, 7) is 3.36. The molecule has 0 saturated heterocycles. The highest BCUT2D eigenvalue weighted by atomic mass is 16.6. The number of hydrogen-bond donors (Lipinski definition) is 1. The minimum absolute atomic E-state index is 0.324. The van der Waals surface area contributed by atoms with Crippen LogP contribution in [0.4, 0.5) is 5.69 Å². The smallest absolute Gasteiger partial charge is 0.346 e. The first-order valence-electron chi connectivity index (χ1n) is 5.04. The number of rotatable bonds is 3. The Morgan fingerprint density at radius 3 is 2.71 bits per heavy atom. The molecular formula is C12H14N2O3. The van der Waals surface area contributed by atoms with E-state index < -0.39 is 12.1 Å². The zero-order valence-corrected chi connectivity index (χ0v) is 9.98. The molecule has 5 nitrogen and oxygen atoms in total. The molecule has 17 heavy (non-hydrogen) atoms. The lowest BCUT2D eigenvalue weighted by Crippen LogP contribution is -2.25. The average molecular weight is 234 g/mol. The topological polar surface area (TPSA) is 85.3 Å². The molecule has 0 aromatic heterocycles. The third-order valence-corrected chi connectivity index (χ3v) is 2.30. The highest BCUT2D eigenvalue weighted by molar-refractivity contribution is 5.74. The number of methoxy groups -OCH3 is 1. The van der Waals surface area contributed by atoms with Crippen molar-refractivity contribution in [3.8, 4) is 11.8 Å². The molecular weight excluding hydrogens is 220 g/mol. The monoisotopic (exact) mass is 234 g/mol. The van der Waals surface area contributed by atoms with Gasteiger partial charge in [-0.1, -0.05) is 0 Å². The van der Waals surface area contributed by atoms with Gasteiger partial charge in [0.1, 0.15) is 11.8 Å². The second kappa shape index (κ2) is 5.21. The van der Waals surface area contributed by atoms with Crippen molar-refractivity contribution in [1.82, 2.24) is 0 Å². The SMILES string of the molecule is COC(=O)C(C)Oc1cc(N)c(C#N)cc1C.